The number of Topliss-reactive ketones (excluding diaryl/α,β-unsaturated/α-hetero) is 1. The number of hydrogen-bond donors (Lipinski definition) is 1. The second-order valence-electron chi connectivity index (χ2n) is 5.30. The van der Waals surface area contributed by atoms with Crippen LogP contribution in [-0.4, -0.2) is 35.9 Å². The average Bonchev–Trinajstić information content (AvgIpc) is 2.69. The molecular weight excluding hydrogens is 356 g/mol. The number of hydrogen-bond acceptors (Lipinski definition) is 7. The Morgan fingerprint density at radius 2 is 1.63 bits per heavy atom. The zero-order chi connectivity index (χ0) is 19.6. The van der Waals surface area contributed by atoms with Crippen LogP contribution in [-0.2, 0) is 20.9 Å². The highest BCUT2D eigenvalue weighted by molar-refractivity contribution is 5.98. The molecule has 2 aromatic carbocycles. The van der Waals surface area contributed by atoms with Crippen LogP contribution in [0.3, 0.4) is 0 Å². The van der Waals surface area contributed by atoms with Crippen molar-refractivity contribution in [2.75, 3.05) is 13.2 Å². The van der Waals surface area contributed by atoms with Crippen molar-refractivity contribution in [2.45, 2.75) is 6.61 Å². The highest BCUT2D eigenvalue weighted by Gasteiger charge is 2.13. The lowest BCUT2D eigenvalue weighted by Crippen LogP contribution is -2.31. The number of rotatable bonds is 8. The van der Waals surface area contributed by atoms with Crippen LogP contribution in [0.2, 0.25) is 0 Å². The van der Waals surface area contributed by atoms with Crippen molar-refractivity contribution >= 4 is 23.5 Å². The summed E-state index contributed by atoms with van der Waals surface area (Å²) >= 11 is 0. The topological polar surface area (TPSA) is 125 Å². The highest BCUT2D eigenvalue weighted by Crippen LogP contribution is 2.12. The van der Waals surface area contributed by atoms with Crippen molar-refractivity contribution in [1.82, 2.24) is 5.32 Å². The highest BCUT2D eigenvalue weighted by atomic mass is 16.6. The number of nitrogens with one attached hydrogen (secondary N) is 1. The second-order valence-corrected chi connectivity index (χ2v) is 5.30. The van der Waals surface area contributed by atoms with Gasteiger partial charge in [-0.3, -0.25) is 19.7 Å². The minimum Gasteiger partial charge on any atom is -0.456 e. The predicted octanol–water partition coefficient (Wildman–Crippen LogP) is 2.25. The minimum atomic E-state index is -0.818. The van der Waals surface area contributed by atoms with Crippen molar-refractivity contribution in [3.05, 3.63) is 75.8 Å². The van der Waals surface area contributed by atoms with Crippen molar-refractivity contribution < 1.29 is 28.8 Å². The molecule has 0 aliphatic heterocycles. The lowest BCUT2D eigenvalue weighted by atomic mass is 10.1. The Hall–Kier alpha value is -3.75. The van der Waals surface area contributed by atoms with E-state index >= 15 is 0 Å². The number of nitro groups is 1. The average molecular weight is 372 g/mol. The van der Waals surface area contributed by atoms with Gasteiger partial charge in [-0.1, -0.05) is 30.3 Å². The van der Waals surface area contributed by atoms with Gasteiger partial charge in [0.05, 0.1) is 4.92 Å². The summed E-state index contributed by atoms with van der Waals surface area (Å²) in [5.74, 6) is -1.34. The van der Waals surface area contributed by atoms with Crippen LogP contribution in [0.25, 0.3) is 0 Å². The van der Waals surface area contributed by atoms with Gasteiger partial charge in [0.1, 0.15) is 13.2 Å². The maximum atomic E-state index is 11.9. The summed E-state index contributed by atoms with van der Waals surface area (Å²) in [5.41, 5.74) is 0.814. The number of esters is 1. The summed E-state index contributed by atoms with van der Waals surface area (Å²) in [6, 6.07) is 13.9. The van der Waals surface area contributed by atoms with E-state index in [1.54, 1.807) is 24.3 Å². The first-order valence-corrected chi connectivity index (χ1v) is 7.83. The van der Waals surface area contributed by atoms with Crippen LogP contribution in [0.5, 0.6) is 0 Å². The van der Waals surface area contributed by atoms with Crippen LogP contribution in [0, 0.1) is 10.1 Å². The molecule has 2 rings (SSSR count). The normalized spacial score (nSPS) is 9.93. The van der Waals surface area contributed by atoms with E-state index in [9.17, 15) is 24.5 Å². The number of nitro benzene ring substituents is 1. The summed E-state index contributed by atoms with van der Waals surface area (Å²) in [5, 5.41) is 12.8. The van der Waals surface area contributed by atoms with Gasteiger partial charge in [-0.05, 0) is 17.7 Å². The molecule has 27 heavy (non-hydrogen) atoms. The lowest BCUT2D eigenvalue weighted by molar-refractivity contribution is -0.384. The van der Waals surface area contributed by atoms with E-state index in [-0.39, 0.29) is 17.9 Å². The number of nitrogens with zero attached hydrogens (tertiary/aromatic N) is 1. The molecule has 0 aromatic heterocycles. The van der Waals surface area contributed by atoms with E-state index in [1.165, 1.54) is 24.3 Å². The summed E-state index contributed by atoms with van der Waals surface area (Å²) in [6.45, 7) is -0.946. The predicted molar refractivity (Wildman–Crippen MR) is 93.0 cm³/mol. The first-order valence-electron chi connectivity index (χ1n) is 7.83. The number of carbonyl (C=O) groups is 3. The number of benzene rings is 2. The van der Waals surface area contributed by atoms with E-state index < -0.39 is 35.9 Å². The second kappa shape index (κ2) is 9.66. The first kappa shape index (κ1) is 19.6. The van der Waals surface area contributed by atoms with Crippen LogP contribution in [0.15, 0.2) is 54.6 Å². The van der Waals surface area contributed by atoms with Gasteiger partial charge in [0, 0.05) is 17.7 Å². The van der Waals surface area contributed by atoms with Gasteiger partial charge in [-0.15, -0.1) is 0 Å². The number of non-ortho nitro benzene ring substituents is 1. The molecule has 0 radical (unpaired) electrons. The van der Waals surface area contributed by atoms with E-state index in [4.69, 9.17) is 9.47 Å². The molecule has 0 unspecified atom stereocenters. The van der Waals surface area contributed by atoms with Crippen molar-refractivity contribution in [3.63, 3.8) is 0 Å². The molecule has 9 nitrogen and oxygen atoms in total. The molecule has 0 saturated heterocycles. The minimum absolute atomic E-state index is 0.0559. The molecule has 140 valence electrons. The maximum absolute atomic E-state index is 11.9. The number of carbonyl (C=O) groups excluding carboxylic acids is 3. The third-order valence-electron chi connectivity index (χ3n) is 3.35. The van der Waals surface area contributed by atoms with Crippen LogP contribution >= 0.6 is 0 Å². The summed E-state index contributed by atoms with van der Waals surface area (Å²) in [7, 11) is 0. The number of alkyl carbamates (subject to hydrolysis) is 1. The van der Waals surface area contributed by atoms with Gasteiger partial charge in [0.2, 0.25) is 0 Å². The largest absolute Gasteiger partial charge is 0.456 e. The van der Waals surface area contributed by atoms with E-state index in [1.807, 2.05) is 6.07 Å². The lowest BCUT2D eigenvalue weighted by Gasteiger charge is -2.07. The molecular formula is C18H16N2O7. The molecule has 0 atom stereocenters. The number of ketones is 1. The van der Waals surface area contributed by atoms with Gasteiger partial charge < -0.3 is 14.8 Å². The first-order chi connectivity index (χ1) is 13.0. The Balaban J connectivity index is 1.68. The fourth-order valence-corrected chi connectivity index (χ4v) is 1.97. The maximum Gasteiger partial charge on any atom is 0.407 e. The molecule has 0 bridgehead atoms. The van der Waals surface area contributed by atoms with Crippen LogP contribution < -0.4 is 5.32 Å². The molecule has 0 saturated carbocycles. The zero-order valence-corrected chi connectivity index (χ0v) is 14.1. The monoisotopic (exact) mass is 372 g/mol. The quantitative estimate of drug-likeness (QED) is 0.326. The number of ether oxygens (including phenoxy) is 2. The molecule has 0 heterocycles. The fourth-order valence-electron chi connectivity index (χ4n) is 1.97. The van der Waals surface area contributed by atoms with Crippen molar-refractivity contribution in [1.29, 1.82) is 0 Å². The van der Waals surface area contributed by atoms with Crippen LogP contribution in [0.1, 0.15) is 15.9 Å². The van der Waals surface area contributed by atoms with Gasteiger partial charge >= 0.3 is 12.1 Å². The standard InChI is InChI=1S/C18H16N2O7/c21-16(14-6-8-15(9-7-14)20(24)25)12-26-17(22)10-19-18(23)27-11-13-4-2-1-3-5-13/h1-9H,10-12H2,(H,19,23). The van der Waals surface area contributed by atoms with E-state index in [2.05, 4.69) is 5.32 Å². The van der Waals surface area contributed by atoms with E-state index in [0.29, 0.717) is 0 Å². The molecule has 0 fully saturated rings. The smallest absolute Gasteiger partial charge is 0.407 e. The molecule has 1 amide bonds. The van der Waals surface area contributed by atoms with Gasteiger partial charge in [0.15, 0.2) is 12.4 Å². The number of amides is 1. The van der Waals surface area contributed by atoms with E-state index in [0.717, 1.165) is 5.56 Å². The molecule has 9 heteroatoms. The Bertz CT molecular complexity index is 819. The van der Waals surface area contributed by atoms with Crippen LogP contribution in [0.4, 0.5) is 10.5 Å². The Morgan fingerprint density at radius 3 is 2.26 bits per heavy atom. The zero-order valence-electron chi connectivity index (χ0n) is 14.1. The fraction of sp³-hybridized carbons (Fsp3) is 0.167. The Kier molecular flexibility index (Phi) is 7.00. The summed E-state index contributed by atoms with van der Waals surface area (Å²) in [6.07, 6.45) is -0.794. The third kappa shape index (κ3) is 6.58. The molecule has 1 N–H and O–H groups in total. The van der Waals surface area contributed by atoms with Crippen molar-refractivity contribution in [3.8, 4) is 0 Å². The Labute approximate surface area is 154 Å². The third-order valence-corrected chi connectivity index (χ3v) is 3.35. The summed E-state index contributed by atoms with van der Waals surface area (Å²) < 4.78 is 9.68. The van der Waals surface area contributed by atoms with Gasteiger partial charge in [0.25, 0.3) is 5.69 Å². The molecule has 0 spiro atoms. The van der Waals surface area contributed by atoms with Gasteiger partial charge in [-0.2, -0.15) is 0 Å². The SMILES string of the molecule is O=C(CNC(=O)OCc1ccccc1)OCC(=O)c1ccc([N+](=O)[O-])cc1. The summed E-state index contributed by atoms with van der Waals surface area (Å²) in [4.78, 5) is 44.9. The van der Waals surface area contributed by atoms with Crippen molar-refractivity contribution in [2.24, 2.45) is 0 Å². The Morgan fingerprint density at radius 1 is 0.963 bits per heavy atom. The van der Waals surface area contributed by atoms with Gasteiger partial charge in [-0.25, -0.2) is 4.79 Å². The molecule has 0 aliphatic rings. The molecule has 2 aromatic rings. The molecule has 0 aliphatic carbocycles.